The second-order valence-electron chi connectivity index (χ2n) is 4.70. The van der Waals surface area contributed by atoms with Crippen molar-refractivity contribution in [2.24, 2.45) is 0 Å². The highest BCUT2D eigenvalue weighted by Crippen LogP contribution is 2.26. The normalized spacial score (nSPS) is 12.3. The molecule has 0 aromatic heterocycles. The molecule has 2 aromatic carbocycles. The Morgan fingerprint density at radius 1 is 1.05 bits per heavy atom. The number of aliphatic hydroxyl groups excluding tert-OH is 1. The van der Waals surface area contributed by atoms with Gasteiger partial charge < -0.3 is 15.5 Å². The van der Waals surface area contributed by atoms with Crippen molar-refractivity contribution in [2.45, 2.75) is 19.0 Å². The number of aromatic hydroxyl groups is 1. The largest absolute Gasteiger partial charge is 0.506 e. The molecule has 0 spiro atoms. The smallest absolute Gasteiger partial charge is 0.138 e. The first kappa shape index (κ1) is 14.9. The lowest BCUT2D eigenvalue weighted by Gasteiger charge is -2.17. The van der Waals surface area contributed by atoms with Crippen molar-refractivity contribution in [1.29, 1.82) is 0 Å². The van der Waals surface area contributed by atoms with Gasteiger partial charge in [0.2, 0.25) is 0 Å². The van der Waals surface area contributed by atoms with E-state index < -0.39 is 0 Å². The fourth-order valence-electron chi connectivity index (χ4n) is 2.06. The molecular formula is C16H18ClNO2. The summed E-state index contributed by atoms with van der Waals surface area (Å²) in [6.45, 7) is 0.501. The molecule has 2 aromatic rings. The molecule has 0 saturated carbocycles. The number of rotatable bonds is 6. The molecule has 0 radical (unpaired) electrons. The Bertz CT molecular complexity index is 545. The van der Waals surface area contributed by atoms with Crippen LogP contribution >= 0.6 is 11.6 Å². The molecule has 106 valence electrons. The van der Waals surface area contributed by atoms with E-state index in [9.17, 15) is 10.2 Å². The fraction of sp³-hybridized carbons (Fsp3) is 0.250. The van der Waals surface area contributed by atoms with Gasteiger partial charge in [-0.1, -0.05) is 54.1 Å². The van der Waals surface area contributed by atoms with Gasteiger partial charge in [-0.3, -0.25) is 0 Å². The third-order valence-electron chi connectivity index (χ3n) is 3.20. The van der Waals surface area contributed by atoms with E-state index in [4.69, 9.17) is 11.6 Å². The summed E-state index contributed by atoms with van der Waals surface area (Å²) in [6.07, 6.45) is 0.735. The Kier molecular flexibility index (Phi) is 5.41. The second-order valence-corrected chi connectivity index (χ2v) is 5.10. The number of nitrogens with one attached hydrogen (secondary N) is 1. The zero-order chi connectivity index (χ0) is 14.4. The van der Waals surface area contributed by atoms with Gasteiger partial charge in [0, 0.05) is 18.2 Å². The van der Waals surface area contributed by atoms with Crippen LogP contribution in [0.25, 0.3) is 0 Å². The molecule has 0 heterocycles. The summed E-state index contributed by atoms with van der Waals surface area (Å²) >= 11 is 5.87. The lowest BCUT2D eigenvalue weighted by atomic mass is 10.1. The number of phenols is 1. The van der Waals surface area contributed by atoms with E-state index in [0.717, 1.165) is 17.5 Å². The quantitative estimate of drug-likeness (QED) is 0.767. The Hall–Kier alpha value is -1.55. The van der Waals surface area contributed by atoms with E-state index >= 15 is 0 Å². The molecule has 1 atom stereocenters. The molecule has 0 aliphatic rings. The maximum atomic E-state index is 9.84. The van der Waals surface area contributed by atoms with E-state index in [-0.39, 0.29) is 18.4 Å². The zero-order valence-corrected chi connectivity index (χ0v) is 11.8. The molecule has 0 aliphatic carbocycles. The van der Waals surface area contributed by atoms with Crippen molar-refractivity contribution in [3.8, 4) is 5.75 Å². The average Bonchev–Trinajstić information content (AvgIpc) is 2.48. The van der Waals surface area contributed by atoms with E-state index in [1.165, 1.54) is 0 Å². The third-order valence-corrected chi connectivity index (χ3v) is 3.50. The minimum atomic E-state index is -0.0595. The number of phenolic OH excluding ortho intramolecular Hbond substituents is 1. The van der Waals surface area contributed by atoms with Gasteiger partial charge in [-0.25, -0.2) is 0 Å². The van der Waals surface area contributed by atoms with Crippen LogP contribution in [-0.2, 0) is 13.0 Å². The van der Waals surface area contributed by atoms with E-state index in [2.05, 4.69) is 5.32 Å². The maximum Gasteiger partial charge on any atom is 0.138 e. The first-order valence-corrected chi connectivity index (χ1v) is 6.93. The van der Waals surface area contributed by atoms with Crippen molar-refractivity contribution in [3.05, 3.63) is 64.7 Å². The van der Waals surface area contributed by atoms with Crippen LogP contribution in [0.1, 0.15) is 11.1 Å². The predicted molar refractivity (Wildman–Crippen MR) is 81.0 cm³/mol. The van der Waals surface area contributed by atoms with Crippen molar-refractivity contribution < 1.29 is 10.2 Å². The highest BCUT2D eigenvalue weighted by atomic mass is 35.5. The molecule has 0 saturated heterocycles. The summed E-state index contributed by atoms with van der Waals surface area (Å²) in [4.78, 5) is 0. The Balaban J connectivity index is 1.95. The molecule has 0 fully saturated rings. The predicted octanol–water partition coefficient (Wildman–Crippen LogP) is 2.74. The molecule has 0 unspecified atom stereocenters. The first-order valence-electron chi connectivity index (χ1n) is 6.55. The van der Waals surface area contributed by atoms with Crippen LogP contribution in [0.2, 0.25) is 5.02 Å². The van der Waals surface area contributed by atoms with Crippen LogP contribution in [0, 0.1) is 0 Å². The van der Waals surface area contributed by atoms with Crippen LogP contribution in [-0.4, -0.2) is 22.9 Å². The molecule has 3 nitrogen and oxygen atoms in total. The number of benzene rings is 2. The van der Waals surface area contributed by atoms with Gasteiger partial charge in [0.15, 0.2) is 0 Å². The summed E-state index contributed by atoms with van der Waals surface area (Å²) in [5, 5.41) is 22.9. The number of para-hydroxylation sites is 1. The third kappa shape index (κ3) is 3.97. The van der Waals surface area contributed by atoms with E-state index in [1.54, 1.807) is 12.1 Å². The second kappa shape index (κ2) is 7.29. The Morgan fingerprint density at radius 2 is 1.80 bits per heavy atom. The van der Waals surface area contributed by atoms with Crippen LogP contribution in [0.15, 0.2) is 48.5 Å². The van der Waals surface area contributed by atoms with Crippen LogP contribution < -0.4 is 5.32 Å². The summed E-state index contributed by atoms with van der Waals surface area (Å²) in [5.41, 5.74) is 1.89. The van der Waals surface area contributed by atoms with Gasteiger partial charge in [0.1, 0.15) is 5.75 Å². The van der Waals surface area contributed by atoms with Gasteiger partial charge in [0.05, 0.1) is 11.6 Å². The summed E-state index contributed by atoms with van der Waals surface area (Å²) in [6, 6.07) is 15.2. The first-order chi connectivity index (χ1) is 9.70. The number of aliphatic hydroxyl groups is 1. The van der Waals surface area contributed by atoms with Gasteiger partial charge >= 0.3 is 0 Å². The molecule has 20 heavy (non-hydrogen) atoms. The van der Waals surface area contributed by atoms with Gasteiger partial charge in [0.25, 0.3) is 0 Å². The molecule has 4 heteroatoms. The average molecular weight is 292 g/mol. The van der Waals surface area contributed by atoms with Crippen molar-refractivity contribution in [3.63, 3.8) is 0 Å². The monoisotopic (exact) mass is 291 g/mol. The van der Waals surface area contributed by atoms with Crippen molar-refractivity contribution in [2.75, 3.05) is 6.61 Å². The van der Waals surface area contributed by atoms with Crippen LogP contribution in [0.5, 0.6) is 5.75 Å². The Labute approximate surface area is 123 Å². The SMILES string of the molecule is OC[C@@H](Cc1ccccc1)NCc1cccc(Cl)c1O. The van der Waals surface area contributed by atoms with Crippen molar-refractivity contribution >= 4 is 11.6 Å². The lowest BCUT2D eigenvalue weighted by Crippen LogP contribution is -2.34. The summed E-state index contributed by atoms with van der Waals surface area (Å²) in [7, 11) is 0. The van der Waals surface area contributed by atoms with Crippen LogP contribution in [0.4, 0.5) is 0 Å². The molecule has 2 rings (SSSR count). The van der Waals surface area contributed by atoms with E-state index in [1.807, 2.05) is 36.4 Å². The Morgan fingerprint density at radius 3 is 2.50 bits per heavy atom. The minimum Gasteiger partial charge on any atom is -0.506 e. The van der Waals surface area contributed by atoms with Gasteiger partial charge in [-0.15, -0.1) is 0 Å². The van der Waals surface area contributed by atoms with Crippen LogP contribution in [0.3, 0.4) is 0 Å². The minimum absolute atomic E-state index is 0.0379. The highest BCUT2D eigenvalue weighted by molar-refractivity contribution is 6.32. The maximum absolute atomic E-state index is 9.84. The van der Waals surface area contributed by atoms with Gasteiger partial charge in [-0.2, -0.15) is 0 Å². The molecule has 3 N–H and O–H groups in total. The molecule has 0 amide bonds. The number of hydrogen-bond acceptors (Lipinski definition) is 3. The van der Waals surface area contributed by atoms with Crippen molar-refractivity contribution in [1.82, 2.24) is 5.32 Å². The zero-order valence-electron chi connectivity index (χ0n) is 11.1. The topological polar surface area (TPSA) is 52.5 Å². The lowest BCUT2D eigenvalue weighted by molar-refractivity contribution is 0.240. The number of halogens is 1. The fourth-order valence-corrected chi connectivity index (χ4v) is 2.25. The van der Waals surface area contributed by atoms with E-state index in [0.29, 0.717) is 11.6 Å². The summed E-state index contributed by atoms with van der Waals surface area (Å²) in [5.74, 6) is 0.0954. The standard InChI is InChI=1S/C16H18ClNO2/c17-15-8-4-7-13(16(15)20)10-18-14(11-19)9-12-5-2-1-3-6-12/h1-8,14,18-20H,9-11H2/t14-/m1/s1. The van der Waals surface area contributed by atoms with Gasteiger partial charge in [-0.05, 0) is 18.1 Å². The highest BCUT2D eigenvalue weighted by Gasteiger charge is 2.10. The number of hydrogen-bond donors (Lipinski definition) is 3. The molecule has 0 bridgehead atoms. The molecular weight excluding hydrogens is 274 g/mol. The summed E-state index contributed by atoms with van der Waals surface area (Å²) < 4.78 is 0. The molecule has 0 aliphatic heterocycles.